The van der Waals surface area contributed by atoms with Gasteiger partial charge in [-0.3, -0.25) is 4.79 Å². The molecule has 1 fully saturated rings. The van der Waals surface area contributed by atoms with Crippen molar-refractivity contribution in [1.29, 1.82) is 5.26 Å². The summed E-state index contributed by atoms with van der Waals surface area (Å²) in [5.41, 5.74) is 3.47. The number of H-pyrrole nitrogens is 1. The number of amides is 1. The zero-order valence-corrected chi connectivity index (χ0v) is 16.2. The van der Waals surface area contributed by atoms with E-state index in [1.165, 1.54) is 0 Å². The van der Waals surface area contributed by atoms with E-state index in [2.05, 4.69) is 16.4 Å². The highest BCUT2D eigenvalue weighted by Crippen LogP contribution is 2.38. The first-order chi connectivity index (χ1) is 13.6. The molecule has 1 aliphatic rings. The summed E-state index contributed by atoms with van der Waals surface area (Å²) in [5.74, 6) is 0.832. The summed E-state index contributed by atoms with van der Waals surface area (Å²) in [6.07, 6.45) is 4.29. The second kappa shape index (κ2) is 8.04. The Morgan fingerprint density at radius 2 is 2.00 bits per heavy atom. The van der Waals surface area contributed by atoms with Gasteiger partial charge in [-0.2, -0.15) is 5.26 Å². The highest BCUT2D eigenvalue weighted by Gasteiger charge is 2.34. The van der Waals surface area contributed by atoms with Gasteiger partial charge in [-0.05, 0) is 48.7 Å². The number of nitrogens with zero attached hydrogens (tertiary/aromatic N) is 2. The van der Waals surface area contributed by atoms with Gasteiger partial charge < -0.3 is 10.3 Å². The summed E-state index contributed by atoms with van der Waals surface area (Å²) < 4.78 is 0. The van der Waals surface area contributed by atoms with E-state index in [0.717, 1.165) is 53.8 Å². The molecule has 2 N–H and O–H groups in total. The Labute approximate surface area is 168 Å². The average molecular weight is 393 g/mol. The second-order valence-corrected chi connectivity index (χ2v) is 7.74. The number of halogens is 1. The van der Waals surface area contributed by atoms with Gasteiger partial charge in [0.1, 0.15) is 5.82 Å². The number of aromatic nitrogens is 2. The highest BCUT2D eigenvalue weighted by molar-refractivity contribution is 6.31. The molecule has 1 heterocycles. The molecule has 0 aliphatic heterocycles. The van der Waals surface area contributed by atoms with Crippen molar-refractivity contribution >= 4 is 34.2 Å². The second-order valence-electron chi connectivity index (χ2n) is 7.30. The molecule has 1 aliphatic carbocycles. The van der Waals surface area contributed by atoms with Crippen molar-refractivity contribution in [1.82, 2.24) is 9.97 Å². The van der Waals surface area contributed by atoms with Gasteiger partial charge in [-0.1, -0.05) is 36.6 Å². The molecule has 0 radical (unpaired) electrons. The Balaban J connectivity index is 1.54. The normalized spacial score (nSPS) is 19.3. The van der Waals surface area contributed by atoms with E-state index in [9.17, 15) is 4.79 Å². The zero-order chi connectivity index (χ0) is 19.5. The van der Waals surface area contributed by atoms with Gasteiger partial charge in [0.15, 0.2) is 0 Å². The van der Waals surface area contributed by atoms with E-state index in [4.69, 9.17) is 21.8 Å². The molecule has 0 saturated heterocycles. The molecule has 0 spiro atoms. The number of hydrogen-bond acceptors (Lipinski definition) is 3. The number of benzene rings is 2. The van der Waals surface area contributed by atoms with Crippen molar-refractivity contribution in [2.45, 2.75) is 38.0 Å². The predicted octanol–water partition coefficient (Wildman–Crippen LogP) is 5.19. The molecule has 2 aromatic carbocycles. The summed E-state index contributed by atoms with van der Waals surface area (Å²) >= 11 is 6.08. The molecule has 4 rings (SSSR count). The van der Waals surface area contributed by atoms with Crippen LogP contribution >= 0.6 is 11.6 Å². The maximum atomic E-state index is 13.0. The lowest BCUT2D eigenvalue weighted by atomic mass is 9.78. The molecule has 3 aromatic rings. The highest BCUT2D eigenvalue weighted by atomic mass is 35.5. The van der Waals surface area contributed by atoms with Gasteiger partial charge in [-0.25, -0.2) is 4.98 Å². The van der Waals surface area contributed by atoms with Crippen LogP contribution in [0, 0.1) is 17.2 Å². The molecule has 28 heavy (non-hydrogen) atoms. The molecule has 5 nitrogen and oxygen atoms in total. The minimum absolute atomic E-state index is 0.0243. The average Bonchev–Trinajstić information content (AvgIpc) is 3.12. The Bertz CT molecular complexity index is 1030. The first-order valence-electron chi connectivity index (χ1n) is 9.56. The lowest BCUT2D eigenvalue weighted by Crippen LogP contribution is -2.31. The van der Waals surface area contributed by atoms with Gasteiger partial charge in [0, 0.05) is 22.5 Å². The number of nitriles is 1. The van der Waals surface area contributed by atoms with Crippen LogP contribution in [0.25, 0.3) is 11.0 Å². The summed E-state index contributed by atoms with van der Waals surface area (Å²) in [4.78, 5) is 21.1. The number of carbonyl (C=O) groups excluding carboxylic acids is 1. The van der Waals surface area contributed by atoms with Crippen LogP contribution in [-0.4, -0.2) is 15.9 Å². The molecule has 142 valence electrons. The monoisotopic (exact) mass is 392 g/mol. The lowest BCUT2D eigenvalue weighted by molar-refractivity contribution is -0.121. The van der Waals surface area contributed by atoms with Crippen LogP contribution in [0.2, 0.25) is 5.02 Å². The fourth-order valence-corrected chi connectivity index (χ4v) is 4.15. The van der Waals surface area contributed by atoms with E-state index in [-0.39, 0.29) is 17.7 Å². The minimum Gasteiger partial charge on any atom is -0.342 e. The summed E-state index contributed by atoms with van der Waals surface area (Å²) in [6, 6.07) is 15.2. The molecule has 2 atom stereocenters. The van der Waals surface area contributed by atoms with Crippen LogP contribution in [0.4, 0.5) is 5.69 Å². The number of imidazole rings is 1. The smallest absolute Gasteiger partial charge is 0.228 e. The van der Waals surface area contributed by atoms with Gasteiger partial charge >= 0.3 is 0 Å². The fraction of sp³-hybridized carbons (Fsp3) is 0.318. The van der Waals surface area contributed by atoms with Gasteiger partial charge in [0.2, 0.25) is 5.91 Å². The molecule has 1 amide bonds. The maximum Gasteiger partial charge on any atom is 0.228 e. The molecule has 6 heteroatoms. The number of anilines is 1. The van der Waals surface area contributed by atoms with Gasteiger partial charge in [-0.15, -0.1) is 0 Å². The third kappa shape index (κ3) is 3.88. The molecule has 0 unspecified atom stereocenters. The number of hydrogen-bond donors (Lipinski definition) is 2. The largest absolute Gasteiger partial charge is 0.342 e. The fourth-order valence-electron chi connectivity index (χ4n) is 3.98. The zero-order valence-electron chi connectivity index (χ0n) is 15.4. The van der Waals surface area contributed by atoms with Crippen molar-refractivity contribution in [3.05, 3.63) is 58.9 Å². The maximum absolute atomic E-state index is 13.0. The Kier molecular flexibility index (Phi) is 5.31. The standard InChI is InChI=1S/C22H21ClN4O/c23-15-7-10-19-20(13-15)27-21(26-19)17-3-1-2-4-18(17)22(28)25-16-8-5-14(6-9-16)11-12-24/h5-10,13,17-18H,1-4,11H2,(H,25,28)(H,26,27)/t17-,18-/m1/s1. The summed E-state index contributed by atoms with van der Waals surface area (Å²) in [5, 5.41) is 12.5. The molecular formula is C22H21ClN4O. The third-order valence-electron chi connectivity index (χ3n) is 5.42. The van der Waals surface area contributed by atoms with Crippen molar-refractivity contribution in [2.75, 3.05) is 5.32 Å². The van der Waals surface area contributed by atoms with Crippen molar-refractivity contribution < 1.29 is 4.79 Å². The number of rotatable bonds is 4. The van der Waals surface area contributed by atoms with Crippen LogP contribution in [0.15, 0.2) is 42.5 Å². The van der Waals surface area contributed by atoms with Gasteiger partial charge in [0.25, 0.3) is 0 Å². The minimum atomic E-state index is -0.122. The Morgan fingerprint density at radius 3 is 2.79 bits per heavy atom. The molecule has 1 aromatic heterocycles. The first-order valence-corrected chi connectivity index (χ1v) is 9.94. The summed E-state index contributed by atoms with van der Waals surface area (Å²) in [6.45, 7) is 0. The number of aromatic amines is 1. The van der Waals surface area contributed by atoms with E-state index in [1.54, 1.807) is 0 Å². The third-order valence-corrected chi connectivity index (χ3v) is 5.66. The number of nitrogens with one attached hydrogen (secondary N) is 2. The van der Waals surface area contributed by atoms with E-state index in [0.29, 0.717) is 11.4 Å². The summed E-state index contributed by atoms with van der Waals surface area (Å²) in [7, 11) is 0. The van der Waals surface area contributed by atoms with Crippen LogP contribution < -0.4 is 5.32 Å². The van der Waals surface area contributed by atoms with Crippen LogP contribution in [0.1, 0.15) is 43.0 Å². The Morgan fingerprint density at radius 1 is 1.21 bits per heavy atom. The lowest BCUT2D eigenvalue weighted by Gasteiger charge is -2.29. The molecule has 0 bridgehead atoms. The molecule has 1 saturated carbocycles. The SMILES string of the molecule is N#CCc1ccc(NC(=O)[C@@H]2CCCC[C@H]2c2nc3ccc(Cl)cc3[nH]2)cc1. The topological polar surface area (TPSA) is 81.6 Å². The van der Waals surface area contributed by atoms with Crippen molar-refractivity contribution in [3.63, 3.8) is 0 Å². The predicted molar refractivity (Wildman–Crippen MR) is 110 cm³/mol. The first kappa shape index (κ1) is 18.5. The Hall–Kier alpha value is -2.84. The molecular weight excluding hydrogens is 372 g/mol. The van der Waals surface area contributed by atoms with Gasteiger partial charge in [0.05, 0.1) is 23.5 Å². The van der Waals surface area contributed by atoms with Crippen LogP contribution in [-0.2, 0) is 11.2 Å². The van der Waals surface area contributed by atoms with Crippen molar-refractivity contribution in [3.8, 4) is 6.07 Å². The van der Waals surface area contributed by atoms with Crippen LogP contribution in [0.3, 0.4) is 0 Å². The van der Waals surface area contributed by atoms with E-state index in [1.807, 2.05) is 42.5 Å². The number of carbonyl (C=O) groups is 1. The van der Waals surface area contributed by atoms with Crippen molar-refractivity contribution in [2.24, 2.45) is 5.92 Å². The van der Waals surface area contributed by atoms with E-state index >= 15 is 0 Å². The quantitative estimate of drug-likeness (QED) is 0.640. The van der Waals surface area contributed by atoms with E-state index < -0.39 is 0 Å². The number of fused-ring (bicyclic) bond motifs is 1. The van der Waals surface area contributed by atoms with Crippen LogP contribution in [0.5, 0.6) is 0 Å².